The van der Waals surface area contributed by atoms with Gasteiger partial charge in [-0.1, -0.05) is 30.3 Å². The Bertz CT molecular complexity index is 589. The normalized spacial score (nSPS) is 23.3. The first-order valence-electron chi connectivity index (χ1n) is 7.70. The van der Waals surface area contributed by atoms with Crippen LogP contribution in [0.25, 0.3) is 10.8 Å². The lowest BCUT2D eigenvalue weighted by atomic mass is 10.1. The Morgan fingerprint density at radius 2 is 1.76 bits per heavy atom. The van der Waals surface area contributed by atoms with Crippen LogP contribution in [0.2, 0.25) is 0 Å². The fourth-order valence-electron chi connectivity index (χ4n) is 3.02. The molecular formula is C18H23NO2. The van der Waals surface area contributed by atoms with E-state index in [1.54, 1.807) is 0 Å². The number of fused-ring (bicyclic) bond motifs is 1. The van der Waals surface area contributed by atoms with E-state index < -0.39 is 0 Å². The van der Waals surface area contributed by atoms with Crippen LogP contribution in [-0.4, -0.2) is 43.3 Å². The van der Waals surface area contributed by atoms with Gasteiger partial charge in [0, 0.05) is 19.6 Å². The number of hydrogen-bond acceptors (Lipinski definition) is 3. The van der Waals surface area contributed by atoms with Gasteiger partial charge in [0.05, 0.1) is 12.2 Å². The molecule has 1 heterocycles. The smallest absolute Gasteiger partial charge is 0.120 e. The van der Waals surface area contributed by atoms with Crippen LogP contribution in [0.1, 0.15) is 13.8 Å². The molecule has 0 N–H and O–H groups in total. The van der Waals surface area contributed by atoms with E-state index in [0.717, 1.165) is 32.0 Å². The molecule has 0 amide bonds. The minimum absolute atomic E-state index is 0.314. The molecule has 1 fully saturated rings. The third kappa shape index (κ3) is 3.74. The van der Waals surface area contributed by atoms with Gasteiger partial charge in [0.15, 0.2) is 0 Å². The molecule has 2 atom stereocenters. The summed E-state index contributed by atoms with van der Waals surface area (Å²) in [6.45, 7) is 7.92. The zero-order chi connectivity index (χ0) is 14.7. The minimum atomic E-state index is 0.314. The molecule has 1 aliphatic rings. The number of benzene rings is 2. The average molecular weight is 285 g/mol. The molecule has 3 nitrogen and oxygen atoms in total. The van der Waals surface area contributed by atoms with E-state index in [4.69, 9.17) is 9.47 Å². The summed E-state index contributed by atoms with van der Waals surface area (Å²) in [7, 11) is 0. The van der Waals surface area contributed by atoms with Crippen molar-refractivity contribution in [3.8, 4) is 5.75 Å². The van der Waals surface area contributed by atoms with Gasteiger partial charge in [0.1, 0.15) is 12.4 Å². The van der Waals surface area contributed by atoms with Crippen molar-refractivity contribution in [2.75, 3.05) is 26.2 Å². The molecule has 1 aliphatic heterocycles. The summed E-state index contributed by atoms with van der Waals surface area (Å²) >= 11 is 0. The molecule has 2 aromatic carbocycles. The van der Waals surface area contributed by atoms with E-state index in [1.165, 1.54) is 10.8 Å². The third-order valence-electron chi connectivity index (χ3n) is 3.89. The number of morpholine rings is 1. The highest BCUT2D eigenvalue weighted by atomic mass is 16.5. The minimum Gasteiger partial charge on any atom is -0.492 e. The van der Waals surface area contributed by atoms with Crippen molar-refractivity contribution in [1.82, 2.24) is 4.90 Å². The lowest BCUT2D eigenvalue weighted by Crippen LogP contribution is -2.46. The Morgan fingerprint density at radius 1 is 1.05 bits per heavy atom. The standard InChI is InChI=1S/C18H23NO2/c1-14-12-19(13-15(2)21-14)9-10-20-18-8-7-16-5-3-4-6-17(16)11-18/h3-8,11,14-15H,9-10,12-13H2,1-2H3/t14-,15-/m0/s1. The average Bonchev–Trinajstić information content (AvgIpc) is 2.46. The van der Waals surface area contributed by atoms with Crippen molar-refractivity contribution in [2.45, 2.75) is 26.1 Å². The van der Waals surface area contributed by atoms with Crippen LogP contribution in [0.3, 0.4) is 0 Å². The van der Waals surface area contributed by atoms with E-state index in [1.807, 2.05) is 6.07 Å². The van der Waals surface area contributed by atoms with Crippen molar-refractivity contribution >= 4 is 10.8 Å². The SMILES string of the molecule is C[C@H]1CN(CCOc2ccc3ccccc3c2)C[C@H](C)O1. The molecular weight excluding hydrogens is 262 g/mol. The maximum atomic E-state index is 5.90. The molecule has 3 rings (SSSR count). The molecule has 0 spiro atoms. The number of nitrogens with zero attached hydrogens (tertiary/aromatic N) is 1. The quantitative estimate of drug-likeness (QED) is 0.860. The Hall–Kier alpha value is -1.58. The van der Waals surface area contributed by atoms with Gasteiger partial charge in [-0.3, -0.25) is 4.90 Å². The highest BCUT2D eigenvalue weighted by molar-refractivity contribution is 5.83. The molecule has 0 bridgehead atoms. The molecule has 0 aliphatic carbocycles. The number of hydrogen-bond donors (Lipinski definition) is 0. The third-order valence-corrected chi connectivity index (χ3v) is 3.89. The van der Waals surface area contributed by atoms with Crippen LogP contribution in [0, 0.1) is 0 Å². The first kappa shape index (κ1) is 14.4. The van der Waals surface area contributed by atoms with Crippen LogP contribution in [0.15, 0.2) is 42.5 Å². The summed E-state index contributed by atoms with van der Waals surface area (Å²) in [6.07, 6.45) is 0.629. The topological polar surface area (TPSA) is 21.7 Å². The zero-order valence-corrected chi connectivity index (χ0v) is 12.8. The molecule has 0 saturated carbocycles. The Labute approximate surface area is 126 Å². The van der Waals surface area contributed by atoms with Crippen molar-refractivity contribution in [3.63, 3.8) is 0 Å². The Kier molecular flexibility index (Phi) is 4.42. The summed E-state index contributed by atoms with van der Waals surface area (Å²) in [5.74, 6) is 0.947. The lowest BCUT2D eigenvalue weighted by molar-refractivity contribution is -0.0699. The molecule has 2 aromatic rings. The molecule has 0 radical (unpaired) electrons. The van der Waals surface area contributed by atoms with Gasteiger partial charge in [0.2, 0.25) is 0 Å². The van der Waals surface area contributed by atoms with Crippen molar-refractivity contribution in [2.24, 2.45) is 0 Å². The predicted octanol–water partition coefficient (Wildman–Crippen LogP) is 3.33. The predicted molar refractivity (Wildman–Crippen MR) is 85.9 cm³/mol. The largest absolute Gasteiger partial charge is 0.492 e. The summed E-state index contributed by atoms with van der Waals surface area (Å²) in [5.41, 5.74) is 0. The maximum Gasteiger partial charge on any atom is 0.120 e. The van der Waals surface area contributed by atoms with E-state index in [9.17, 15) is 0 Å². The van der Waals surface area contributed by atoms with Crippen LogP contribution < -0.4 is 4.74 Å². The molecule has 1 saturated heterocycles. The van der Waals surface area contributed by atoms with Gasteiger partial charge in [0.25, 0.3) is 0 Å². The van der Waals surface area contributed by atoms with E-state index in [2.05, 4.69) is 55.1 Å². The van der Waals surface area contributed by atoms with Gasteiger partial charge in [-0.25, -0.2) is 0 Å². The maximum absolute atomic E-state index is 5.90. The molecule has 112 valence electrons. The van der Waals surface area contributed by atoms with Gasteiger partial charge in [-0.2, -0.15) is 0 Å². The second-order valence-electron chi connectivity index (χ2n) is 5.87. The lowest BCUT2D eigenvalue weighted by Gasteiger charge is -2.35. The Morgan fingerprint density at radius 3 is 2.52 bits per heavy atom. The highest BCUT2D eigenvalue weighted by Crippen LogP contribution is 2.20. The first-order chi connectivity index (χ1) is 10.2. The van der Waals surface area contributed by atoms with E-state index in [0.29, 0.717) is 12.2 Å². The van der Waals surface area contributed by atoms with E-state index in [-0.39, 0.29) is 0 Å². The Balaban J connectivity index is 1.54. The molecule has 0 unspecified atom stereocenters. The summed E-state index contributed by atoms with van der Waals surface area (Å²) in [4.78, 5) is 2.42. The van der Waals surface area contributed by atoms with Crippen LogP contribution in [0.5, 0.6) is 5.75 Å². The molecule has 0 aromatic heterocycles. The number of ether oxygens (including phenoxy) is 2. The van der Waals surface area contributed by atoms with Crippen molar-refractivity contribution in [3.05, 3.63) is 42.5 Å². The zero-order valence-electron chi connectivity index (χ0n) is 12.8. The molecule has 3 heteroatoms. The van der Waals surface area contributed by atoms with Crippen LogP contribution in [-0.2, 0) is 4.74 Å². The van der Waals surface area contributed by atoms with Gasteiger partial charge in [-0.05, 0) is 36.8 Å². The second kappa shape index (κ2) is 6.46. The van der Waals surface area contributed by atoms with Gasteiger partial charge < -0.3 is 9.47 Å². The van der Waals surface area contributed by atoms with Gasteiger partial charge >= 0.3 is 0 Å². The van der Waals surface area contributed by atoms with E-state index >= 15 is 0 Å². The summed E-state index contributed by atoms with van der Waals surface area (Å²) < 4.78 is 11.7. The van der Waals surface area contributed by atoms with Gasteiger partial charge in [-0.15, -0.1) is 0 Å². The van der Waals surface area contributed by atoms with Crippen LogP contribution >= 0.6 is 0 Å². The summed E-state index contributed by atoms with van der Waals surface area (Å²) in [5, 5.41) is 2.48. The second-order valence-corrected chi connectivity index (χ2v) is 5.87. The first-order valence-corrected chi connectivity index (χ1v) is 7.70. The highest BCUT2D eigenvalue weighted by Gasteiger charge is 2.21. The fraction of sp³-hybridized carbons (Fsp3) is 0.444. The van der Waals surface area contributed by atoms with Crippen molar-refractivity contribution < 1.29 is 9.47 Å². The number of rotatable bonds is 4. The fourth-order valence-corrected chi connectivity index (χ4v) is 3.02. The van der Waals surface area contributed by atoms with Crippen LogP contribution in [0.4, 0.5) is 0 Å². The summed E-state index contributed by atoms with van der Waals surface area (Å²) in [6, 6.07) is 14.6. The van der Waals surface area contributed by atoms with Crippen molar-refractivity contribution in [1.29, 1.82) is 0 Å². The monoisotopic (exact) mass is 285 g/mol. The molecule has 21 heavy (non-hydrogen) atoms.